The van der Waals surface area contributed by atoms with Gasteiger partial charge in [-0.2, -0.15) is 0 Å². The zero-order valence-corrected chi connectivity index (χ0v) is 14.3. The maximum Gasteiger partial charge on any atom is 0.252 e. The Hall–Kier alpha value is -1.66. The van der Waals surface area contributed by atoms with Crippen LogP contribution in [0, 0.1) is 0 Å². The highest BCUT2D eigenvalue weighted by molar-refractivity contribution is 5.94. The van der Waals surface area contributed by atoms with Gasteiger partial charge in [-0.15, -0.1) is 0 Å². The monoisotopic (exact) mass is 319 g/mol. The van der Waals surface area contributed by atoms with Gasteiger partial charge in [-0.3, -0.25) is 9.69 Å². The number of pyridine rings is 1. The second-order valence-corrected chi connectivity index (χ2v) is 5.83. The van der Waals surface area contributed by atoms with Gasteiger partial charge in [-0.25, -0.2) is 4.98 Å². The Labute approximate surface area is 139 Å². The van der Waals surface area contributed by atoms with Gasteiger partial charge >= 0.3 is 0 Å². The lowest BCUT2D eigenvalue weighted by atomic mass is 10.2. The molecule has 0 bridgehead atoms. The van der Waals surface area contributed by atoms with E-state index in [1.807, 2.05) is 12.1 Å². The maximum absolute atomic E-state index is 12.2. The third kappa shape index (κ3) is 5.48. The van der Waals surface area contributed by atoms with Crippen molar-refractivity contribution in [1.82, 2.24) is 20.5 Å². The molecule has 1 aliphatic heterocycles. The van der Waals surface area contributed by atoms with Crippen LogP contribution in [0.25, 0.3) is 0 Å². The van der Waals surface area contributed by atoms with Gasteiger partial charge in [0, 0.05) is 58.6 Å². The third-order valence-electron chi connectivity index (χ3n) is 4.13. The van der Waals surface area contributed by atoms with Crippen molar-refractivity contribution < 1.29 is 4.79 Å². The first kappa shape index (κ1) is 17.7. The first-order chi connectivity index (χ1) is 11.2. The lowest BCUT2D eigenvalue weighted by molar-refractivity contribution is 0.0947. The topological polar surface area (TPSA) is 60.5 Å². The largest absolute Gasteiger partial charge is 0.357 e. The van der Waals surface area contributed by atoms with Crippen molar-refractivity contribution in [3.8, 4) is 0 Å². The van der Waals surface area contributed by atoms with Crippen molar-refractivity contribution in [3.63, 3.8) is 0 Å². The van der Waals surface area contributed by atoms with Crippen LogP contribution in [0.15, 0.2) is 18.3 Å². The zero-order valence-electron chi connectivity index (χ0n) is 14.3. The fourth-order valence-electron chi connectivity index (χ4n) is 2.78. The molecule has 1 aliphatic rings. The average Bonchev–Trinajstić information content (AvgIpc) is 2.60. The van der Waals surface area contributed by atoms with Crippen molar-refractivity contribution in [2.24, 2.45) is 0 Å². The fourth-order valence-corrected chi connectivity index (χ4v) is 2.78. The molecule has 6 heteroatoms. The summed E-state index contributed by atoms with van der Waals surface area (Å²) in [6.07, 6.45) is 2.76. The van der Waals surface area contributed by atoms with Crippen LogP contribution in [0.1, 0.15) is 30.6 Å². The smallest absolute Gasteiger partial charge is 0.252 e. The second-order valence-electron chi connectivity index (χ2n) is 5.83. The molecular weight excluding hydrogens is 290 g/mol. The molecule has 1 aromatic rings. The molecule has 1 saturated heterocycles. The zero-order chi connectivity index (χ0) is 16.5. The molecule has 6 nitrogen and oxygen atoms in total. The molecule has 2 heterocycles. The average molecular weight is 319 g/mol. The number of carbonyl (C=O) groups excluding carboxylic acids is 1. The van der Waals surface area contributed by atoms with Crippen molar-refractivity contribution in [1.29, 1.82) is 0 Å². The van der Waals surface area contributed by atoms with Gasteiger partial charge in [0.1, 0.15) is 5.82 Å². The van der Waals surface area contributed by atoms with Gasteiger partial charge in [0.05, 0.1) is 5.56 Å². The molecule has 0 radical (unpaired) electrons. The highest BCUT2D eigenvalue weighted by Crippen LogP contribution is 2.11. The summed E-state index contributed by atoms with van der Waals surface area (Å²) in [7, 11) is 0. The highest BCUT2D eigenvalue weighted by atomic mass is 16.1. The Balaban J connectivity index is 1.80. The quantitative estimate of drug-likeness (QED) is 0.747. The highest BCUT2D eigenvalue weighted by Gasteiger charge is 2.11. The number of aromatic nitrogens is 1. The van der Waals surface area contributed by atoms with Crippen LogP contribution in [0.4, 0.5) is 5.82 Å². The third-order valence-corrected chi connectivity index (χ3v) is 4.13. The van der Waals surface area contributed by atoms with E-state index in [0.717, 1.165) is 58.1 Å². The molecule has 0 unspecified atom stereocenters. The van der Waals surface area contributed by atoms with Gasteiger partial charge in [0.15, 0.2) is 0 Å². The molecule has 0 aliphatic carbocycles. The van der Waals surface area contributed by atoms with E-state index < -0.39 is 0 Å². The summed E-state index contributed by atoms with van der Waals surface area (Å²) in [6, 6.07) is 3.80. The molecule has 0 aromatic carbocycles. The number of hydrogen-bond donors (Lipinski definition) is 2. The van der Waals surface area contributed by atoms with Crippen LogP contribution < -0.4 is 15.5 Å². The van der Waals surface area contributed by atoms with Gasteiger partial charge in [0.25, 0.3) is 5.91 Å². The molecule has 0 saturated carbocycles. The van der Waals surface area contributed by atoms with Crippen LogP contribution >= 0.6 is 0 Å². The lowest BCUT2D eigenvalue weighted by Crippen LogP contribution is -2.46. The molecule has 0 spiro atoms. The summed E-state index contributed by atoms with van der Waals surface area (Å²) in [5.41, 5.74) is 0.626. The SMILES string of the molecule is CCCN(CC)c1ccc(C(=O)NCCN2CCNCC2)cn1. The first-order valence-corrected chi connectivity index (χ1v) is 8.66. The number of hydrogen-bond acceptors (Lipinski definition) is 5. The predicted molar refractivity (Wildman–Crippen MR) is 94.1 cm³/mol. The van der Waals surface area contributed by atoms with Crippen molar-refractivity contribution in [2.75, 3.05) is 57.3 Å². The minimum atomic E-state index is -0.0438. The van der Waals surface area contributed by atoms with Crippen molar-refractivity contribution >= 4 is 11.7 Å². The lowest BCUT2D eigenvalue weighted by Gasteiger charge is -2.27. The fraction of sp³-hybridized carbons (Fsp3) is 0.647. The van der Waals surface area contributed by atoms with Crippen LogP contribution in [0.2, 0.25) is 0 Å². The molecule has 2 rings (SSSR count). The second kappa shape index (κ2) is 9.47. The molecule has 2 N–H and O–H groups in total. The van der Waals surface area contributed by atoms with Crippen molar-refractivity contribution in [3.05, 3.63) is 23.9 Å². The van der Waals surface area contributed by atoms with E-state index >= 15 is 0 Å². The normalized spacial score (nSPS) is 15.4. The Kier molecular flexibility index (Phi) is 7.29. The molecular formula is C17H29N5O. The summed E-state index contributed by atoms with van der Waals surface area (Å²) >= 11 is 0. The van der Waals surface area contributed by atoms with Crippen LogP contribution in [0.3, 0.4) is 0 Å². The summed E-state index contributed by atoms with van der Waals surface area (Å²) in [6.45, 7) is 11.9. The first-order valence-electron chi connectivity index (χ1n) is 8.66. The van der Waals surface area contributed by atoms with E-state index in [0.29, 0.717) is 12.1 Å². The molecule has 0 atom stereocenters. The maximum atomic E-state index is 12.2. The molecule has 128 valence electrons. The van der Waals surface area contributed by atoms with Gasteiger partial charge < -0.3 is 15.5 Å². The van der Waals surface area contributed by atoms with Gasteiger partial charge in [-0.05, 0) is 25.5 Å². The Morgan fingerprint density at radius 1 is 1.35 bits per heavy atom. The number of nitrogens with one attached hydrogen (secondary N) is 2. The molecule has 23 heavy (non-hydrogen) atoms. The summed E-state index contributed by atoms with van der Waals surface area (Å²) in [5, 5.41) is 6.31. The van der Waals surface area contributed by atoms with Gasteiger partial charge in [0.2, 0.25) is 0 Å². The van der Waals surface area contributed by atoms with Crippen LogP contribution in [0.5, 0.6) is 0 Å². The van der Waals surface area contributed by atoms with E-state index in [1.54, 1.807) is 6.20 Å². The number of amides is 1. The number of anilines is 1. The standard InChI is InChI=1S/C17H29N5O/c1-3-10-22(4-2)16-6-5-15(14-20-16)17(23)19-9-13-21-11-7-18-8-12-21/h5-6,14,18H,3-4,7-13H2,1-2H3,(H,19,23). The van der Waals surface area contributed by atoms with Crippen LogP contribution in [-0.2, 0) is 0 Å². The number of rotatable bonds is 8. The molecule has 1 aromatic heterocycles. The van der Waals surface area contributed by atoms with E-state index in [-0.39, 0.29) is 5.91 Å². The minimum Gasteiger partial charge on any atom is -0.357 e. The van der Waals surface area contributed by atoms with E-state index in [1.165, 1.54) is 0 Å². The number of nitrogens with zero attached hydrogens (tertiary/aromatic N) is 3. The predicted octanol–water partition coefficient (Wildman–Crippen LogP) is 0.953. The van der Waals surface area contributed by atoms with E-state index in [9.17, 15) is 4.79 Å². The number of carbonyl (C=O) groups is 1. The van der Waals surface area contributed by atoms with Crippen molar-refractivity contribution in [2.45, 2.75) is 20.3 Å². The number of piperazine rings is 1. The Morgan fingerprint density at radius 2 is 2.13 bits per heavy atom. The summed E-state index contributed by atoms with van der Waals surface area (Å²) in [5.74, 6) is 0.893. The Morgan fingerprint density at radius 3 is 2.74 bits per heavy atom. The Bertz CT molecular complexity index is 470. The van der Waals surface area contributed by atoms with Gasteiger partial charge in [-0.1, -0.05) is 6.92 Å². The summed E-state index contributed by atoms with van der Waals surface area (Å²) < 4.78 is 0. The summed E-state index contributed by atoms with van der Waals surface area (Å²) in [4.78, 5) is 21.2. The van der Waals surface area contributed by atoms with E-state index in [2.05, 4.69) is 39.3 Å². The van der Waals surface area contributed by atoms with E-state index in [4.69, 9.17) is 0 Å². The molecule has 1 amide bonds. The molecule has 1 fully saturated rings. The van der Waals surface area contributed by atoms with Crippen LogP contribution in [-0.4, -0.2) is 68.1 Å². The minimum absolute atomic E-state index is 0.0438.